The summed E-state index contributed by atoms with van der Waals surface area (Å²) < 4.78 is 0. The van der Waals surface area contributed by atoms with E-state index in [-0.39, 0.29) is 0 Å². The topological polar surface area (TPSA) is 26.0 Å². The molecule has 2 N–H and O–H groups in total. The van der Waals surface area contributed by atoms with E-state index in [4.69, 9.17) is 5.73 Å². The number of nitrogens with two attached hydrogens (primary N) is 1. The number of thiophene rings is 1. The highest BCUT2D eigenvalue weighted by molar-refractivity contribution is 7.12. The smallest absolute Gasteiger partial charge is 0.00831 e. The van der Waals surface area contributed by atoms with E-state index in [1.54, 1.807) is 10.4 Å². The van der Waals surface area contributed by atoms with Crippen LogP contribution in [0.25, 0.3) is 0 Å². The normalized spacial score (nSPS) is 21.3. The highest BCUT2D eigenvalue weighted by Gasteiger charge is 2.23. The third kappa shape index (κ3) is 1.29. The lowest BCUT2D eigenvalue weighted by Gasteiger charge is -2.06. The van der Waals surface area contributed by atoms with Crippen LogP contribution in [0.2, 0.25) is 0 Å². The Morgan fingerprint density at radius 1 is 1.67 bits per heavy atom. The van der Waals surface area contributed by atoms with Crippen LogP contribution in [-0.4, -0.2) is 6.54 Å². The predicted octanol–water partition coefficient (Wildman–Crippen LogP) is 2.44. The standard InChI is InChI=1S/C10H15NS/c1-7-6-9-8(4-5-11)2-3-10(9)12-7/h6,8H,2-5,11H2,1H3. The van der Waals surface area contributed by atoms with E-state index in [9.17, 15) is 0 Å². The van der Waals surface area contributed by atoms with Gasteiger partial charge in [0.25, 0.3) is 0 Å². The average molecular weight is 181 g/mol. The largest absolute Gasteiger partial charge is 0.330 e. The van der Waals surface area contributed by atoms with Gasteiger partial charge < -0.3 is 5.73 Å². The maximum absolute atomic E-state index is 5.58. The number of fused-ring (bicyclic) bond motifs is 1. The lowest BCUT2D eigenvalue weighted by molar-refractivity contribution is 0.627. The van der Waals surface area contributed by atoms with Crippen molar-refractivity contribution in [3.8, 4) is 0 Å². The molecule has 1 unspecified atom stereocenters. The predicted molar refractivity (Wildman–Crippen MR) is 53.8 cm³/mol. The zero-order valence-electron chi connectivity index (χ0n) is 7.47. The third-order valence-electron chi connectivity index (χ3n) is 2.64. The molecule has 1 nitrogen and oxygen atoms in total. The molecule has 1 atom stereocenters. The van der Waals surface area contributed by atoms with Crippen molar-refractivity contribution in [2.45, 2.75) is 32.1 Å². The van der Waals surface area contributed by atoms with E-state index in [2.05, 4.69) is 13.0 Å². The minimum atomic E-state index is 0.773. The SMILES string of the molecule is Cc1cc2c(s1)CCC2CCN. The van der Waals surface area contributed by atoms with Gasteiger partial charge in [0.05, 0.1) is 0 Å². The molecule has 1 heterocycles. The molecule has 0 fully saturated rings. The van der Waals surface area contributed by atoms with Crippen molar-refractivity contribution < 1.29 is 0 Å². The summed E-state index contributed by atoms with van der Waals surface area (Å²) in [6, 6.07) is 2.35. The summed E-state index contributed by atoms with van der Waals surface area (Å²) in [6.45, 7) is 3.03. The van der Waals surface area contributed by atoms with Crippen LogP contribution in [0.5, 0.6) is 0 Å². The van der Waals surface area contributed by atoms with Gasteiger partial charge in [0.15, 0.2) is 0 Å². The second-order valence-corrected chi connectivity index (χ2v) is 4.89. The summed E-state index contributed by atoms with van der Waals surface area (Å²) >= 11 is 1.97. The molecule has 66 valence electrons. The molecule has 0 radical (unpaired) electrons. The molecular weight excluding hydrogens is 166 g/mol. The Bertz CT molecular complexity index is 277. The zero-order valence-corrected chi connectivity index (χ0v) is 8.29. The first-order valence-electron chi connectivity index (χ1n) is 4.60. The summed E-state index contributed by atoms with van der Waals surface area (Å²) in [5, 5.41) is 0. The highest BCUT2D eigenvalue weighted by atomic mass is 32.1. The van der Waals surface area contributed by atoms with Crippen LogP contribution in [-0.2, 0) is 6.42 Å². The molecule has 0 saturated carbocycles. The van der Waals surface area contributed by atoms with Gasteiger partial charge in [-0.2, -0.15) is 0 Å². The third-order valence-corrected chi connectivity index (χ3v) is 3.77. The molecule has 0 saturated heterocycles. The fraction of sp³-hybridized carbons (Fsp3) is 0.600. The Kier molecular flexibility index (Phi) is 2.20. The Balaban J connectivity index is 2.22. The van der Waals surface area contributed by atoms with Gasteiger partial charge in [-0.25, -0.2) is 0 Å². The van der Waals surface area contributed by atoms with Crippen molar-refractivity contribution in [3.63, 3.8) is 0 Å². The van der Waals surface area contributed by atoms with Crippen molar-refractivity contribution in [1.29, 1.82) is 0 Å². The summed E-state index contributed by atoms with van der Waals surface area (Å²) in [7, 11) is 0. The van der Waals surface area contributed by atoms with Crippen molar-refractivity contribution in [3.05, 3.63) is 21.4 Å². The van der Waals surface area contributed by atoms with Gasteiger partial charge in [0, 0.05) is 9.75 Å². The van der Waals surface area contributed by atoms with E-state index >= 15 is 0 Å². The Morgan fingerprint density at radius 3 is 3.25 bits per heavy atom. The van der Waals surface area contributed by atoms with Crippen LogP contribution < -0.4 is 5.73 Å². The van der Waals surface area contributed by atoms with E-state index < -0.39 is 0 Å². The van der Waals surface area contributed by atoms with Gasteiger partial charge in [-0.15, -0.1) is 11.3 Å². The van der Waals surface area contributed by atoms with Crippen molar-refractivity contribution >= 4 is 11.3 Å². The van der Waals surface area contributed by atoms with Crippen LogP contribution in [0.1, 0.15) is 34.1 Å². The van der Waals surface area contributed by atoms with Crippen LogP contribution in [0.3, 0.4) is 0 Å². The molecule has 0 aromatic carbocycles. The fourth-order valence-electron chi connectivity index (χ4n) is 2.08. The first-order valence-corrected chi connectivity index (χ1v) is 5.42. The van der Waals surface area contributed by atoms with Crippen LogP contribution in [0.4, 0.5) is 0 Å². The second kappa shape index (κ2) is 3.19. The van der Waals surface area contributed by atoms with Gasteiger partial charge in [-0.3, -0.25) is 0 Å². The zero-order chi connectivity index (χ0) is 8.55. The molecule has 0 aliphatic heterocycles. The molecule has 0 spiro atoms. The quantitative estimate of drug-likeness (QED) is 0.745. The summed E-state index contributed by atoms with van der Waals surface area (Å²) in [5.74, 6) is 0.773. The number of hydrogen-bond acceptors (Lipinski definition) is 2. The monoisotopic (exact) mass is 181 g/mol. The van der Waals surface area contributed by atoms with Crippen LogP contribution >= 0.6 is 11.3 Å². The van der Waals surface area contributed by atoms with Crippen molar-refractivity contribution in [1.82, 2.24) is 0 Å². The number of rotatable bonds is 2. The van der Waals surface area contributed by atoms with Gasteiger partial charge in [0.1, 0.15) is 0 Å². The van der Waals surface area contributed by atoms with Crippen LogP contribution in [0.15, 0.2) is 6.07 Å². The summed E-state index contributed by atoms with van der Waals surface area (Å²) in [6.07, 6.45) is 3.79. The lowest BCUT2D eigenvalue weighted by atomic mass is 10.00. The van der Waals surface area contributed by atoms with E-state index in [0.717, 1.165) is 12.5 Å². The number of hydrogen-bond donors (Lipinski definition) is 1. The Labute approximate surface area is 77.6 Å². The molecule has 2 heteroatoms. The van der Waals surface area contributed by atoms with Crippen molar-refractivity contribution in [2.24, 2.45) is 5.73 Å². The molecule has 0 amide bonds. The van der Waals surface area contributed by atoms with Gasteiger partial charge in [-0.05, 0) is 50.3 Å². The molecular formula is C10H15NS. The summed E-state index contributed by atoms with van der Waals surface area (Å²) in [4.78, 5) is 3.08. The minimum absolute atomic E-state index is 0.773. The maximum Gasteiger partial charge on any atom is 0.00831 e. The fourth-order valence-corrected chi connectivity index (χ4v) is 3.22. The van der Waals surface area contributed by atoms with Gasteiger partial charge in [0.2, 0.25) is 0 Å². The molecule has 0 bridgehead atoms. The summed E-state index contributed by atoms with van der Waals surface area (Å²) in [5.41, 5.74) is 7.18. The van der Waals surface area contributed by atoms with E-state index in [1.165, 1.54) is 24.1 Å². The molecule has 1 aliphatic carbocycles. The van der Waals surface area contributed by atoms with Gasteiger partial charge >= 0.3 is 0 Å². The highest BCUT2D eigenvalue weighted by Crippen LogP contribution is 2.39. The van der Waals surface area contributed by atoms with Gasteiger partial charge in [-0.1, -0.05) is 0 Å². The second-order valence-electron chi connectivity index (χ2n) is 3.55. The van der Waals surface area contributed by atoms with E-state index in [0.29, 0.717) is 0 Å². The lowest BCUT2D eigenvalue weighted by Crippen LogP contribution is -2.04. The molecule has 2 rings (SSSR count). The molecule has 12 heavy (non-hydrogen) atoms. The Morgan fingerprint density at radius 2 is 2.50 bits per heavy atom. The average Bonchev–Trinajstić information content (AvgIpc) is 2.52. The first-order chi connectivity index (χ1) is 5.81. The van der Waals surface area contributed by atoms with Crippen molar-refractivity contribution in [2.75, 3.05) is 6.54 Å². The minimum Gasteiger partial charge on any atom is -0.330 e. The Hall–Kier alpha value is -0.340. The maximum atomic E-state index is 5.58. The first kappa shape index (κ1) is 8.27. The molecule has 1 aromatic rings. The van der Waals surface area contributed by atoms with Crippen LogP contribution in [0, 0.1) is 6.92 Å². The number of aryl methyl sites for hydroxylation is 2. The van der Waals surface area contributed by atoms with E-state index in [1.807, 2.05) is 11.3 Å². The molecule has 1 aromatic heterocycles. The molecule has 1 aliphatic rings.